The number of hydrogen-bond acceptors (Lipinski definition) is 6. The Morgan fingerprint density at radius 3 is 1.93 bits per heavy atom. The van der Waals surface area contributed by atoms with Crippen molar-refractivity contribution in [3.05, 3.63) is 59.7 Å². The molecule has 0 atom stereocenters. The summed E-state index contributed by atoms with van der Waals surface area (Å²) in [4.78, 5) is 54.2. The van der Waals surface area contributed by atoms with Gasteiger partial charge in [0.15, 0.2) is 0 Å². The van der Waals surface area contributed by atoms with Crippen molar-refractivity contribution in [2.75, 3.05) is 63.9 Å². The van der Waals surface area contributed by atoms with Gasteiger partial charge in [-0.1, -0.05) is 6.42 Å². The third kappa shape index (κ3) is 7.59. The fourth-order valence-corrected chi connectivity index (χ4v) is 5.14. The van der Waals surface area contributed by atoms with Crippen molar-refractivity contribution in [1.29, 1.82) is 0 Å². The topological polar surface area (TPSA) is 111 Å². The quantitative estimate of drug-likeness (QED) is 0.397. The van der Waals surface area contributed by atoms with Crippen molar-refractivity contribution in [1.82, 2.24) is 14.7 Å². The van der Waals surface area contributed by atoms with E-state index in [1.54, 1.807) is 39.0 Å². The first-order valence-corrected chi connectivity index (χ1v) is 14.0. The second kappa shape index (κ2) is 14.5. The first-order chi connectivity index (χ1) is 19.5. The molecule has 3 amide bonds. The lowest BCUT2D eigenvalue weighted by molar-refractivity contribution is -0.123. The van der Waals surface area contributed by atoms with E-state index in [0.29, 0.717) is 30.8 Å². The van der Waals surface area contributed by atoms with Crippen molar-refractivity contribution in [2.24, 2.45) is 0 Å². The molecule has 1 N–H and O–H groups in total. The summed E-state index contributed by atoms with van der Waals surface area (Å²) >= 11 is 0. The van der Waals surface area contributed by atoms with Crippen LogP contribution >= 0.6 is 0 Å². The summed E-state index contributed by atoms with van der Waals surface area (Å²) in [6.07, 6.45) is 6.01. The van der Waals surface area contributed by atoms with Crippen LogP contribution in [0.15, 0.2) is 48.5 Å². The lowest BCUT2D eigenvalue weighted by Gasteiger charge is -2.34. The van der Waals surface area contributed by atoms with Gasteiger partial charge in [0.1, 0.15) is 12.3 Å². The van der Waals surface area contributed by atoms with E-state index in [9.17, 15) is 14.4 Å². The summed E-state index contributed by atoms with van der Waals surface area (Å²) in [6, 6.07) is 14.4. The average Bonchev–Trinajstić information content (AvgIpc) is 2.95. The summed E-state index contributed by atoms with van der Waals surface area (Å²) in [6.45, 7) is 6.42. The molecular formula is C30H38N4O6. The second-order valence-corrected chi connectivity index (χ2v) is 10.2. The molecule has 0 saturated carbocycles. The maximum atomic E-state index is 13.0. The Hall–Kier alpha value is -3.92. The highest BCUT2D eigenvalue weighted by molar-refractivity contribution is 6.02. The van der Waals surface area contributed by atoms with Gasteiger partial charge in [0.05, 0.1) is 6.61 Å². The first-order valence-electron chi connectivity index (χ1n) is 14.0. The van der Waals surface area contributed by atoms with Crippen molar-refractivity contribution in [2.45, 2.75) is 32.1 Å². The Kier molecular flexibility index (Phi) is 10.5. The van der Waals surface area contributed by atoms with Gasteiger partial charge in [-0.05, 0) is 87.3 Å². The van der Waals surface area contributed by atoms with Gasteiger partial charge < -0.3 is 29.4 Å². The van der Waals surface area contributed by atoms with E-state index in [1.165, 1.54) is 32.4 Å². The molecule has 40 heavy (non-hydrogen) atoms. The van der Waals surface area contributed by atoms with Gasteiger partial charge in [-0.15, -0.1) is 0 Å². The standard InChI is InChI=1S/C29H36N4O4.CH2O2/c34-27-22-32(29(36)24-8-6-23(7-9-24)28(35)31-17-4-18-31)19-20-33(27)25-10-12-26(13-11-25)37-21-5-16-30-14-2-1-3-15-30;2-1-3/h6-13H,1-5,14-22H2;1H,(H,2,3). The molecule has 0 aliphatic carbocycles. The van der Waals surface area contributed by atoms with Crippen molar-refractivity contribution >= 4 is 29.9 Å². The van der Waals surface area contributed by atoms with Gasteiger partial charge in [0.2, 0.25) is 5.91 Å². The maximum absolute atomic E-state index is 13.0. The highest BCUT2D eigenvalue weighted by Gasteiger charge is 2.29. The van der Waals surface area contributed by atoms with Gasteiger partial charge >= 0.3 is 0 Å². The minimum Gasteiger partial charge on any atom is -0.494 e. The number of rotatable bonds is 8. The first kappa shape index (κ1) is 29.1. The second-order valence-electron chi connectivity index (χ2n) is 10.2. The fraction of sp³-hybridized carbons (Fsp3) is 0.467. The van der Waals surface area contributed by atoms with Crippen molar-refractivity contribution < 1.29 is 29.0 Å². The van der Waals surface area contributed by atoms with Crippen LogP contribution in [0, 0.1) is 0 Å². The van der Waals surface area contributed by atoms with Gasteiger partial charge in [0, 0.05) is 49.5 Å². The van der Waals surface area contributed by atoms with Crippen LogP contribution in [0.3, 0.4) is 0 Å². The zero-order valence-electron chi connectivity index (χ0n) is 22.9. The van der Waals surface area contributed by atoms with Gasteiger partial charge in [0.25, 0.3) is 18.3 Å². The SMILES string of the molecule is O=C(c1ccc(C(=O)N2CCN(c3ccc(OCCCN4CCCCC4)cc3)C(=O)C2)cc1)N1CCC1.O=CO. The highest BCUT2D eigenvalue weighted by Crippen LogP contribution is 2.23. The Labute approximate surface area is 235 Å². The molecular weight excluding hydrogens is 512 g/mol. The van der Waals surface area contributed by atoms with Crippen LogP contribution in [0.5, 0.6) is 5.75 Å². The van der Waals surface area contributed by atoms with E-state index in [0.717, 1.165) is 43.9 Å². The number of carboxylic acid groups (broad SMARTS) is 1. The van der Waals surface area contributed by atoms with Crippen molar-refractivity contribution in [3.8, 4) is 5.75 Å². The third-order valence-corrected chi connectivity index (χ3v) is 7.51. The number of nitrogens with zero attached hydrogens (tertiary/aromatic N) is 4. The van der Waals surface area contributed by atoms with E-state index < -0.39 is 0 Å². The van der Waals surface area contributed by atoms with Crippen LogP contribution in [-0.4, -0.2) is 103 Å². The normalized spacial score (nSPS) is 17.4. The van der Waals surface area contributed by atoms with Crippen LogP contribution in [0.1, 0.15) is 52.8 Å². The maximum Gasteiger partial charge on any atom is 0.290 e. The largest absolute Gasteiger partial charge is 0.494 e. The fourth-order valence-electron chi connectivity index (χ4n) is 5.14. The molecule has 3 heterocycles. The van der Waals surface area contributed by atoms with E-state index in [1.807, 2.05) is 24.3 Å². The van der Waals surface area contributed by atoms with E-state index in [4.69, 9.17) is 14.6 Å². The molecule has 3 fully saturated rings. The molecule has 0 aromatic heterocycles. The average molecular weight is 551 g/mol. The molecule has 0 radical (unpaired) electrons. The number of piperazine rings is 1. The van der Waals surface area contributed by atoms with E-state index in [2.05, 4.69) is 4.90 Å². The molecule has 214 valence electrons. The number of benzene rings is 2. The molecule has 2 aromatic carbocycles. The Morgan fingerprint density at radius 2 is 1.38 bits per heavy atom. The Balaban J connectivity index is 0.00000118. The van der Waals surface area contributed by atoms with Gasteiger partial charge in [-0.3, -0.25) is 19.2 Å². The lowest BCUT2D eigenvalue weighted by atomic mass is 10.1. The minimum absolute atomic E-state index is 0.00270. The summed E-state index contributed by atoms with van der Waals surface area (Å²) in [5.74, 6) is 0.506. The molecule has 3 aliphatic rings. The Morgan fingerprint density at radius 1 is 0.775 bits per heavy atom. The predicted molar refractivity (Wildman–Crippen MR) is 151 cm³/mol. The molecule has 0 unspecified atom stereocenters. The lowest BCUT2D eigenvalue weighted by Crippen LogP contribution is -2.52. The van der Waals surface area contributed by atoms with Crippen LogP contribution in [0.4, 0.5) is 5.69 Å². The summed E-state index contributed by atoms with van der Waals surface area (Å²) in [5.41, 5.74) is 1.89. The van der Waals surface area contributed by atoms with Crippen LogP contribution in [0.2, 0.25) is 0 Å². The predicted octanol–water partition coefficient (Wildman–Crippen LogP) is 2.98. The zero-order valence-corrected chi connectivity index (χ0v) is 22.9. The molecule has 3 saturated heterocycles. The van der Waals surface area contributed by atoms with E-state index >= 15 is 0 Å². The summed E-state index contributed by atoms with van der Waals surface area (Å²) in [5, 5.41) is 6.89. The molecule has 10 heteroatoms. The summed E-state index contributed by atoms with van der Waals surface area (Å²) in [7, 11) is 0. The molecule has 10 nitrogen and oxygen atoms in total. The number of ether oxygens (including phenoxy) is 1. The zero-order chi connectivity index (χ0) is 28.3. The van der Waals surface area contributed by atoms with E-state index in [-0.39, 0.29) is 30.7 Å². The number of carbonyl (C=O) groups excluding carboxylic acids is 3. The van der Waals surface area contributed by atoms with Crippen LogP contribution in [-0.2, 0) is 9.59 Å². The monoisotopic (exact) mass is 550 g/mol. The number of likely N-dealkylation sites (tertiary alicyclic amines) is 2. The molecule has 0 bridgehead atoms. The number of amides is 3. The Bertz CT molecular complexity index is 1140. The third-order valence-electron chi connectivity index (χ3n) is 7.51. The molecule has 0 spiro atoms. The van der Waals surface area contributed by atoms with Crippen molar-refractivity contribution in [3.63, 3.8) is 0 Å². The number of hydrogen-bond donors (Lipinski definition) is 1. The summed E-state index contributed by atoms with van der Waals surface area (Å²) < 4.78 is 5.90. The minimum atomic E-state index is -0.250. The molecule has 3 aliphatic heterocycles. The molecule has 5 rings (SSSR count). The van der Waals surface area contributed by atoms with Gasteiger partial charge in [-0.2, -0.15) is 0 Å². The smallest absolute Gasteiger partial charge is 0.290 e. The van der Waals surface area contributed by atoms with Crippen LogP contribution < -0.4 is 9.64 Å². The number of carbonyl (C=O) groups is 4. The molecule has 2 aromatic rings. The number of anilines is 1. The highest BCUT2D eigenvalue weighted by atomic mass is 16.5. The number of piperidine rings is 1. The van der Waals surface area contributed by atoms with Crippen LogP contribution in [0.25, 0.3) is 0 Å². The van der Waals surface area contributed by atoms with Gasteiger partial charge in [-0.25, -0.2) is 0 Å².